The number of hydrogen-bond acceptors (Lipinski definition) is 3. The van der Waals surface area contributed by atoms with Gasteiger partial charge < -0.3 is 14.5 Å². The average Bonchev–Trinajstić information content (AvgIpc) is 2.49. The van der Waals surface area contributed by atoms with Gasteiger partial charge >= 0.3 is 0 Å². The summed E-state index contributed by atoms with van der Waals surface area (Å²) in [6.07, 6.45) is 9.26. The van der Waals surface area contributed by atoms with Crippen LogP contribution in [0.15, 0.2) is 0 Å². The predicted octanol–water partition coefficient (Wildman–Crippen LogP) is 2.53. The van der Waals surface area contributed by atoms with Gasteiger partial charge in [-0.15, -0.1) is 0 Å². The van der Waals surface area contributed by atoms with Gasteiger partial charge in [0.05, 0.1) is 0 Å². The van der Waals surface area contributed by atoms with Crippen LogP contribution in [-0.2, 0) is 9.53 Å². The van der Waals surface area contributed by atoms with E-state index in [9.17, 15) is 4.79 Å². The van der Waals surface area contributed by atoms with Crippen molar-refractivity contribution in [3.05, 3.63) is 0 Å². The molecule has 0 atom stereocenters. The minimum Gasteiger partial charge on any atom is -0.381 e. The minimum absolute atomic E-state index is 0.385. The molecule has 2 rings (SSSR count). The lowest BCUT2D eigenvalue weighted by molar-refractivity contribution is -0.136. The van der Waals surface area contributed by atoms with Gasteiger partial charge in [-0.1, -0.05) is 19.3 Å². The second-order valence-corrected chi connectivity index (χ2v) is 6.94. The molecule has 0 bridgehead atoms. The highest BCUT2D eigenvalue weighted by Crippen LogP contribution is 2.27. The first-order chi connectivity index (χ1) is 10.2. The molecule has 0 unspecified atom stereocenters. The van der Waals surface area contributed by atoms with Crippen molar-refractivity contribution >= 4 is 5.91 Å². The first-order valence-electron chi connectivity index (χ1n) is 8.68. The molecule has 122 valence electrons. The van der Waals surface area contributed by atoms with Crippen molar-refractivity contribution in [1.82, 2.24) is 9.80 Å². The van der Waals surface area contributed by atoms with E-state index >= 15 is 0 Å². The van der Waals surface area contributed by atoms with Crippen LogP contribution >= 0.6 is 0 Å². The predicted molar refractivity (Wildman–Crippen MR) is 85.3 cm³/mol. The lowest BCUT2D eigenvalue weighted by Gasteiger charge is -2.36. The molecule has 2 fully saturated rings. The number of amides is 1. The van der Waals surface area contributed by atoms with Crippen LogP contribution in [0.3, 0.4) is 0 Å². The smallest absolute Gasteiger partial charge is 0.223 e. The topological polar surface area (TPSA) is 32.8 Å². The van der Waals surface area contributed by atoms with E-state index in [-0.39, 0.29) is 0 Å². The standard InChI is InChI=1S/C17H32N2O2/c1-18(2)10-11-19(16-8-12-21-13-9-16)17(20)14-15-6-4-3-5-7-15/h15-16H,3-14H2,1-2H3. The fraction of sp³-hybridized carbons (Fsp3) is 0.941. The lowest BCUT2D eigenvalue weighted by Crippen LogP contribution is -2.46. The van der Waals surface area contributed by atoms with Gasteiger partial charge in [0.1, 0.15) is 0 Å². The third-order valence-corrected chi connectivity index (χ3v) is 4.93. The molecule has 0 aromatic heterocycles. The summed E-state index contributed by atoms with van der Waals surface area (Å²) in [6.45, 7) is 3.43. The molecule has 1 amide bonds. The summed E-state index contributed by atoms with van der Waals surface area (Å²) in [5.41, 5.74) is 0. The summed E-state index contributed by atoms with van der Waals surface area (Å²) in [5.74, 6) is 1.02. The Labute approximate surface area is 129 Å². The zero-order chi connectivity index (χ0) is 15.1. The summed E-state index contributed by atoms with van der Waals surface area (Å²) in [7, 11) is 4.15. The molecular formula is C17H32N2O2. The molecule has 4 heteroatoms. The molecule has 1 aliphatic carbocycles. The molecule has 1 aliphatic heterocycles. The fourth-order valence-electron chi connectivity index (χ4n) is 3.57. The van der Waals surface area contributed by atoms with Gasteiger partial charge in [0, 0.05) is 38.8 Å². The number of ether oxygens (including phenoxy) is 1. The number of nitrogens with zero attached hydrogens (tertiary/aromatic N) is 2. The van der Waals surface area contributed by atoms with Crippen molar-refractivity contribution in [1.29, 1.82) is 0 Å². The number of rotatable bonds is 6. The van der Waals surface area contributed by atoms with Gasteiger partial charge in [-0.3, -0.25) is 4.79 Å². The molecule has 0 aromatic carbocycles. The Morgan fingerprint density at radius 3 is 2.29 bits per heavy atom. The highest BCUT2D eigenvalue weighted by atomic mass is 16.5. The van der Waals surface area contributed by atoms with Crippen molar-refractivity contribution in [2.75, 3.05) is 40.4 Å². The van der Waals surface area contributed by atoms with Crippen LogP contribution < -0.4 is 0 Å². The van der Waals surface area contributed by atoms with Crippen LogP contribution in [0, 0.1) is 5.92 Å². The summed E-state index contributed by atoms with van der Waals surface area (Å²) in [4.78, 5) is 17.1. The number of carbonyl (C=O) groups is 1. The van der Waals surface area contributed by atoms with E-state index in [2.05, 4.69) is 23.9 Å². The first-order valence-corrected chi connectivity index (χ1v) is 8.68. The van der Waals surface area contributed by atoms with E-state index in [1.54, 1.807) is 0 Å². The van der Waals surface area contributed by atoms with Crippen LogP contribution in [0.2, 0.25) is 0 Å². The van der Waals surface area contributed by atoms with Crippen molar-refractivity contribution in [3.8, 4) is 0 Å². The number of carbonyl (C=O) groups excluding carboxylic acids is 1. The van der Waals surface area contributed by atoms with Crippen LogP contribution in [0.1, 0.15) is 51.4 Å². The maximum atomic E-state index is 12.8. The third kappa shape index (κ3) is 5.59. The second-order valence-electron chi connectivity index (χ2n) is 6.94. The van der Waals surface area contributed by atoms with Gasteiger partial charge in [0.2, 0.25) is 5.91 Å². The van der Waals surface area contributed by atoms with Crippen molar-refractivity contribution in [3.63, 3.8) is 0 Å². The van der Waals surface area contributed by atoms with E-state index in [1.807, 2.05) is 0 Å². The molecular weight excluding hydrogens is 264 g/mol. The molecule has 0 aromatic rings. The van der Waals surface area contributed by atoms with Crippen molar-refractivity contribution in [2.24, 2.45) is 5.92 Å². The zero-order valence-corrected chi connectivity index (χ0v) is 13.9. The monoisotopic (exact) mass is 296 g/mol. The van der Waals surface area contributed by atoms with E-state index in [4.69, 9.17) is 4.74 Å². The summed E-state index contributed by atoms with van der Waals surface area (Å²) in [5, 5.41) is 0. The van der Waals surface area contributed by atoms with Gasteiger partial charge in [-0.05, 0) is 45.7 Å². The first kappa shape index (κ1) is 16.8. The molecule has 0 N–H and O–H groups in total. The van der Waals surface area contributed by atoms with Gasteiger partial charge in [0.15, 0.2) is 0 Å². The fourth-order valence-corrected chi connectivity index (χ4v) is 3.57. The summed E-state index contributed by atoms with van der Waals surface area (Å²) in [6, 6.07) is 0.398. The molecule has 1 saturated carbocycles. The molecule has 1 saturated heterocycles. The largest absolute Gasteiger partial charge is 0.381 e. The Bertz CT molecular complexity index is 308. The van der Waals surface area contributed by atoms with Crippen LogP contribution in [-0.4, -0.2) is 62.1 Å². The molecule has 1 heterocycles. The maximum Gasteiger partial charge on any atom is 0.223 e. The zero-order valence-electron chi connectivity index (χ0n) is 13.9. The second kappa shape index (κ2) is 8.74. The van der Waals surface area contributed by atoms with Gasteiger partial charge in [-0.25, -0.2) is 0 Å². The maximum absolute atomic E-state index is 12.8. The Kier molecular flexibility index (Phi) is 6.97. The van der Waals surface area contributed by atoms with Gasteiger partial charge in [0.25, 0.3) is 0 Å². The van der Waals surface area contributed by atoms with Crippen molar-refractivity contribution in [2.45, 2.75) is 57.4 Å². The lowest BCUT2D eigenvalue weighted by atomic mass is 9.86. The average molecular weight is 296 g/mol. The Hall–Kier alpha value is -0.610. The quantitative estimate of drug-likeness (QED) is 0.755. The minimum atomic E-state index is 0.385. The van der Waals surface area contributed by atoms with Gasteiger partial charge in [-0.2, -0.15) is 0 Å². The molecule has 4 nitrogen and oxygen atoms in total. The van der Waals surface area contributed by atoms with E-state index < -0.39 is 0 Å². The van der Waals surface area contributed by atoms with Crippen LogP contribution in [0.4, 0.5) is 0 Å². The molecule has 0 spiro atoms. The number of likely N-dealkylation sites (N-methyl/N-ethyl adjacent to an activating group) is 1. The molecule has 21 heavy (non-hydrogen) atoms. The molecule has 0 radical (unpaired) electrons. The van der Waals surface area contributed by atoms with E-state index in [0.717, 1.165) is 45.6 Å². The van der Waals surface area contributed by atoms with E-state index in [1.165, 1.54) is 32.1 Å². The Morgan fingerprint density at radius 1 is 1.00 bits per heavy atom. The summed E-state index contributed by atoms with van der Waals surface area (Å²) >= 11 is 0. The van der Waals surface area contributed by atoms with Crippen LogP contribution in [0.25, 0.3) is 0 Å². The Balaban J connectivity index is 1.90. The Morgan fingerprint density at radius 2 is 1.67 bits per heavy atom. The third-order valence-electron chi connectivity index (χ3n) is 4.93. The number of hydrogen-bond donors (Lipinski definition) is 0. The highest BCUT2D eigenvalue weighted by molar-refractivity contribution is 5.76. The van der Waals surface area contributed by atoms with E-state index in [0.29, 0.717) is 17.9 Å². The van der Waals surface area contributed by atoms with Crippen LogP contribution in [0.5, 0.6) is 0 Å². The summed E-state index contributed by atoms with van der Waals surface area (Å²) < 4.78 is 5.46. The van der Waals surface area contributed by atoms with Crippen molar-refractivity contribution < 1.29 is 9.53 Å². The molecule has 2 aliphatic rings. The SMILES string of the molecule is CN(C)CCN(C(=O)CC1CCCCC1)C1CCOCC1. The normalized spacial score (nSPS) is 21.7. The highest BCUT2D eigenvalue weighted by Gasteiger charge is 2.27.